The lowest BCUT2D eigenvalue weighted by Gasteiger charge is -2.10. The van der Waals surface area contributed by atoms with Gasteiger partial charge >= 0.3 is 5.97 Å². The molecule has 110 valence electrons. The second-order valence-corrected chi connectivity index (χ2v) is 4.46. The number of benzene rings is 1. The molecule has 0 aliphatic rings. The Labute approximate surface area is 123 Å². The highest BCUT2D eigenvalue weighted by Gasteiger charge is 2.04. The summed E-state index contributed by atoms with van der Waals surface area (Å²) in [6, 6.07) is 7.22. The van der Waals surface area contributed by atoms with Crippen molar-refractivity contribution in [1.82, 2.24) is 9.97 Å². The number of carbonyl (C=O) groups excluding carboxylic acids is 1. The maximum absolute atomic E-state index is 11.0. The molecule has 0 spiro atoms. The van der Waals surface area contributed by atoms with Crippen molar-refractivity contribution in [2.75, 3.05) is 19.0 Å². The van der Waals surface area contributed by atoms with Gasteiger partial charge in [-0.3, -0.25) is 4.98 Å². The Morgan fingerprint density at radius 2 is 1.95 bits per heavy atom. The number of nitrogens with zero attached hydrogens (tertiary/aromatic N) is 2. The topological polar surface area (TPSA) is 73.3 Å². The molecule has 0 fully saturated rings. The van der Waals surface area contributed by atoms with Crippen LogP contribution in [0.25, 0.3) is 0 Å². The van der Waals surface area contributed by atoms with Crippen LogP contribution in [0.15, 0.2) is 30.5 Å². The van der Waals surface area contributed by atoms with Crippen molar-refractivity contribution in [2.24, 2.45) is 0 Å². The molecular weight excluding hydrogens is 270 g/mol. The average molecular weight is 287 g/mol. The molecule has 1 aromatic carbocycles. The zero-order chi connectivity index (χ0) is 15.2. The normalized spacial score (nSPS) is 10.0. The third-order valence-electron chi connectivity index (χ3n) is 2.78. The highest BCUT2D eigenvalue weighted by molar-refractivity contribution is 5.71. The fourth-order valence-electron chi connectivity index (χ4n) is 1.63. The summed E-state index contributed by atoms with van der Waals surface area (Å²) in [5, 5.41) is 3.20. The number of esters is 1. The molecule has 2 rings (SSSR count). The molecule has 2 aromatic rings. The minimum atomic E-state index is -0.414. The highest BCUT2D eigenvalue weighted by atomic mass is 16.6. The Balaban J connectivity index is 2.02. The largest absolute Gasteiger partial charge is 0.482 e. The molecule has 0 atom stereocenters. The highest BCUT2D eigenvalue weighted by Crippen LogP contribution is 2.20. The van der Waals surface area contributed by atoms with E-state index in [9.17, 15) is 4.79 Å². The minimum absolute atomic E-state index is 0.105. The summed E-state index contributed by atoms with van der Waals surface area (Å²) in [5.41, 5.74) is 2.54. The van der Waals surface area contributed by atoms with Gasteiger partial charge in [-0.05, 0) is 38.1 Å². The van der Waals surface area contributed by atoms with Crippen molar-refractivity contribution in [3.05, 3.63) is 41.9 Å². The lowest BCUT2D eigenvalue weighted by atomic mass is 10.3. The van der Waals surface area contributed by atoms with Crippen molar-refractivity contribution in [2.45, 2.75) is 13.8 Å². The molecule has 0 aliphatic heterocycles. The van der Waals surface area contributed by atoms with Gasteiger partial charge in [0.2, 0.25) is 0 Å². The van der Waals surface area contributed by atoms with Crippen molar-refractivity contribution in [1.29, 1.82) is 0 Å². The third kappa shape index (κ3) is 4.17. The third-order valence-corrected chi connectivity index (χ3v) is 2.78. The van der Waals surface area contributed by atoms with Gasteiger partial charge < -0.3 is 14.8 Å². The second kappa shape index (κ2) is 6.69. The van der Waals surface area contributed by atoms with Crippen LogP contribution in [-0.4, -0.2) is 29.7 Å². The Morgan fingerprint density at radius 3 is 2.62 bits per heavy atom. The van der Waals surface area contributed by atoms with E-state index >= 15 is 0 Å². The number of aryl methyl sites for hydroxylation is 2. The summed E-state index contributed by atoms with van der Waals surface area (Å²) in [6.45, 7) is 3.68. The van der Waals surface area contributed by atoms with E-state index < -0.39 is 5.97 Å². The summed E-state index contributed by atoms with van der Waals surface area (Å²) < 4.78 is 9.78. The summed E-state index contributed by atoms with van der Waals surface area (Å²) in [4.78, 5) is 19.6. The molecule has 0 aliphatic carbocycles. The predicted octanol–water partition coefficient (Wildman–Crippen LogP) is 2.39. The fraction of sp³-hybridized carbons (Fsp3) is 0.267. The molecular formula is C15H17N3O3. The molecule has 0 saturated heterocycles. The SMILES string of the molecule is COC(=O)COc1ccc(Nc2nc(C)cnc2C)cc1. The maximum Gasteiger partial charge on any atom is 0.343 e. The van der Waals surface area contributed by atoms with Gasteiger partial charge in [-0.25, -0.2) is 9.78 Å². The van der Waals surface area contributed by atoms with Gasteiger partial charge in [0.1, 0.15) is 5.75 Å². The van der Waals surface area contributed by atoms with Crippen LogP contribution in [0.2, 0.25) is 0 Å². The lowest BCUT2D eigenvalue weighted by molar-refractivity contribution is -0.142. The first-order valence-corrected chi connectivity index (χ1v) is 6.45. The Bertz CT molecular complexity index is 627. The van der Waals surface area contributed by atoms with Crippen molar-refractivity contribution < 1.29 is 14.3 Å². The van der Waals surface area contributed by atoms with E-state index in [2.05, 4.69) is 20.0 Å². The molecule has 0 amide bonds. The second-order valence-electron chi connectivity index (χ2n) is 4.46. The molecule has 1 aromatic heterocycles. The Morgan fingerprint density at radius 1 is 1.24 bits per heavy atom. The van der Waals surface area contributed by atoms with E-state index in [0.29, 0.717) is 5.75 Å². The molecule has 1 N–H and O–H groups in total. The van der Waals surface area contributed by atoms with E-state index in [1.165, 1.54) is 7.11 Å². The van der Waals surface area contributed by atoms with E-state index in [1.54, 1.807) is 18.3 Å². The van der Waals surface area contributed by atoms with Crippen LogP contribution in [0, 0.1) is 13.8 Å². The molecule has 21 heavy (non-hydrogen) atoms. The van der Waals surface area contributed by atoms with Crippen LogP contribution in [0.1, 0.15) is 11.4 Å². The van der Waals surface area contributed by atoms with Crippen LogP contribution < -0.4 is 10.1 Å². The van der Waals surface area contributed by atoms with Crippen LogP contribution >= 0.6 is 0 Å². The molecule has 0 radical (unpaired) electrons. The Kier molecular flexibility index (Phi) is 4.71. The molecule has 6 heteroatoms. The maximum atomic E-state index is 11.0. The quantitative estimate of drug-likeness (QED) is 0.851. The Hall–Kier alpha value is -2.63. The fourth-order valence-corrected chi connectivity index (χ4v) is 1.63. The van der Waals surface area contributed by atoms with Crippen molar-refractivity contribution >= 4 is 17.5 Å². The smallest absolute Gasteiger partial charge is 0.343 e. The van der Waals surface area contributed by atoms with Gasteiger partial charge in [0.25, 0.3) is 0 Å². The summed E-state index contributed by atoms with van der Waals surface area (Å²) in [5.74, 6) is 0.902. The average Bonchev–Trinajstić information content (AvgIpc) is 2.50. The van der Waals surface area contributed by atoms with Gasteiger partial charge in [-0.15, -0.1) is 0 Å². The van der Waals surface area contributed by atoms with Crippen LogP contribution in [-0.2, 0) is 9.53 Å². The predicted molar refractivity (Wildman–Crippen MR) is 78.7 cm³/mol. The van der Waals surface area contributed by atoms with Gasteiger partial charge in [0.05, 0.1) is 18.5 Å². The monoisotopic (exact) mass is 287 g/mol. The number of methoxy groups -OCH3 is 1. The van der Waals surface area contributed by atoms with Gasteiger partial charge in [0.15, 0.2) is 12.4 Å². The number of hydrogen-bond acceptors (Lipinski definition) is 6. The minimum Gasteiger partial charge on any atom is -0.482 e. The van der Waals surface area contributed by atoms with Gasteiger partial charge in [-0.2, -0.15) is 0 Å². The molecule has 0 unspecified atom stereocenters. The van der Waals surface area contributed by atoms with Gasteiger partial charge in [0, 0.05) is 11.9 Å². The number of hydrogen-bond donors (Lipinski definition) is 1. The number of ether oxygens (including phenoxy) is 2. The van der Waals surface area contributed by atoms with Crippen LogP contribution in [0.5, 0.6) is 5.75 Å². The molecule has 0 bridgehead atoms. The summed E-state index contributed by atoms with van der Waals surface area (Å²) >= 11 is 0. The molecule has 1 heterocycles. The van der Waals surface area contributed by atoms with E-state index in [4.69, 9.17) is 4.74 Å². The van der Waals surface area contributed by atoms with E-state index in [0.717, 1.165) is 22.9 Å². The first-order valence-electron chi connectivity index (χ1n) is 6.45. The molecule has 0 saturated carbocycles. The van der Waals surface area contributed by atoms with Crippen molar-refractivity contribution in [3.63, 3.8) is 0 Å². The standard InChI is InChI=1S/C15H17N3O3/c1-10-8-16-11(2)15(17-10)18-12-4-6-13(7-5-12)21-9-14(19)20-3/h4-8H,9H2,1-3H3,(H,17,18). The zero-order valence-corrected chi connectivity index (χ0v) is 12.2. The van der Waals surface area contributed by atoms with E-state index in [1.807, 2.05) is 26.0 Å². The van der Waals surface area contributed by atoms with Crippen molar-refractivity contribution in [3.8, 4) is 5.75 Å². The first-order chi connectivity index (χ1) is 10.1. The van der Waals surface area contributed by atoms with Gasteiger partial charge in [-0.1, -0.05) is 0 Å². The first kappa shape index (κ1) is 14.8. The number of nitrogens with one attached hydrogen (secondary N) is 1. The van der Waals surface area contributed by atoms with Crippen LogP contribution in [0.4, 0.5) is 11.5 Å². The summed E-state index contributed by atoms with van der Waals surface area (Å²) in [7, 11) is 1.32. The van der Waals surface area contributed by atoms with E-state index in [-0.39, 0.29) is 6.61 Å². The summed E-state index contributed by atoms with van der Waals surface area (Å²) in [6.07, 6.45) is 1.73. The molecule has 6 nitrogen and oxygen atoms in total. The number of aromatic nitrogens is 2. The number of anilines is 2. The number of carbonyl (C=O) groups is 1. The number of rotatable bonds is 5. The van der Waals surface area contributed by atoms with Crippen LogP contribution in [0.3, 0.4) is 0 Å². The lowest BCUT2D eigenvalue weighted by Crippen LogP contribution is -2.12. The zero-order valence-electron chi connectivity index (χ0n) is 12.2.